The van der Waals surface area contributed by atoms with E-state index >= 15 is 0 Å². The van der Waals surface area contributed by atoms with E-state index in [1.54, 1.807) is 24.5 Å². The van der Waals surface area contributed by atoms with Gasteiger partial charge in [-0.25, -0.2) is 21.1 Å². The minimum Gasteiger partial charge on any atom is -0.460 e. The minimum atomic E-state index is 0. The molecular weight excluding hydrogens is 519 g/mol. The Hall–Kier alpha value is -2.97. The third-order valence-electron chi connectivity index (χ3n) is 3.53. The van der Waals surface area contributed by atoms with Gasteiger partial charge >= 0.3 is 21.1 Å². The number of nitrogens with zero attached hydrogens (tertiary/aromatic N) is 2. The summed E-state index contributed by atoms with van der Waals surface area (Å²) in [6, 6.07) is 28.9. The second kappa shape index (κ2) is 9.11. The van der Waals surface area contributed by atoms with Gasteiger partial charge in [-0.1, -0.05) is 12.1 Å². The Bertz CT molecular complexity index is 912. The molecule has 27 heavy (non-hydrogen) atoms. The molecule has 0 aliphatic carbocycles. The molecule has 0 saturated carbocycles. The third-order valence-corrected chi connectivity index (χ3v) is 3.53. The van der Waals surface area contributed by atoms with Gasteiger partial charge in [-0.2, -0.15) is 24.3 Å². The molecule has 0 bridgehead atoms. The van der Waals surface area contributed by atoms with E-state index in [9.17, 15) is 0 Å². The Kier molecular flexibility index (Phi) is 6.34. The van der Waals surface area contributed by atoms with Crippen molar-refractivity contribution in [1.82, 2.24) is 9.97 Å². The molecule has 0 aliphatic rings. The minimum absolute atomic E-state index is 0. The van der Waals surface area contributed by atoms with E-state index in [1.807, 2.05) is 60.7 Å². The fraction of sp³-hybridized carbons (Fsp3) is 0. The maximum atomic E-state index is 5.74. The third kappa shape index (κ3) is 5.02. The van der Waals surface area contributed by atoms with Crippen LogP contribution < -0.4 is 9.47 Å². The van der Waals surface area contributed by atoms with Crippen molar-refractivity contribution in [3.63, 3.8) is 0 Å². The molecule has 0 fully saturated rings. The summed E-state index contributed by atoms with van der Waals surface area (Å²) in [6.45, 7) is 0. The van der Waals surface area contributed by atoms with Gasteiger partial charge in [0.05, 0.1) is 0 Å². The van der Waals surface area contributed by atoms with Crippen molar-refractivity contribution in [3.05, 3.63) is 97.3 Å². The first-order valence-corrected chi connectivity index (χ1v) is 8.10. The maximum absolute atomic E-state index is 5.74. The van der Waals surface area contributed by atoms with Gasteiger partial charge in [-0.3, -0.25) is 0 Å². The molecule has 0 unspecified atom stereocenters. The molecule has 5 heteroatoms. The topological polar surface area (TPSA) is 44.2 Å². The van der Waals surface area contributed by atoms with E-state index in [0.717, 1.165) is 11.1 Å². The van der Waals surface area contributed by atoms with Crippen LogP contribution in [-0.4, -0.2) is 9.97 Å². The van der Waals surface area contributed by atoms with E-state index in [4.69, 9.17) is 9.47 Å². The number of pyridine rings is 2. The van der Waals surface area contributed by atoms with Crippen LogP contribution in [0, 0.1) is 12.1 Å². The Labute approximate surface area is 172 Å². The average Bonchev–Trinajstić information content (AvgIpc) is 2.70. The number of hydrogen-bond acceptors (Lipinski definition) is 4. The zero-order valence-corrected chi connectivity index (χ0v) is 16.4. The number of hydrogen-bond donors (Lipinski definition) is 0. The van der Waals surface area contributed by atoms with Crippen LogP contribution >= 0.6 is 0 Å². The largest absolute Gasteiger partial charge is 2.00 e. The standard InChI is InChI=1S/C22H14N2O2.Pt/c1-3-13-23-21(11-1)25-19-9-5-7-17(15-19)18-8-6-10-20(16-18)26-22-12-2-4-14-24-22;/h1-14H;/q-2;+2. The molecule has 0 amide bonds. The summed E-state index contributed by atoms with van der Waals surface area (Å²) in [7, 11) is 0. The van der Waals surface area contributed by atoms with Crippen LogP contribution in [0.25, 0.3) is 11.1 Å². The molecule has 0 saturated heterocycles. The normalized spacial score (nSPS) is 9.93. The quantitative estimate of drug-likeness (QED) is 0.326. The van der Waals surface area contributed by atoms with Gasteiger partial charge in [0.1, 0.15) is 0 Å². The van der Waals surface area contributed by atoms with Gasteiger partial charge in [-0.05, 0) is 12.1 Å². The van der Waals surface area contributed by atoms with Crippen molar-refractivity contribution in [1.29, 1.82) is 0 Å². The first-order chi connectivity index (χ1) is 12.9. The monoisotopic (exact) mass is 533 g/mol. The summed E-state index contributed by atoms with van der Waals surface area (Å²) in [5.74, 6) is 2.23. The molecule has 0 spiro atoms. The van der Waals surface area contributed by atoms with Crippen molar-refractivity contribution in [2.24, 2.45) is 0 Å². The van der Waals surface area contributed by atoms with Crippen LogP contribution in [0.4, 0.5) is 0 Å². The van der Waals surface area contributed by atoms with E-state index in [0.29, 0.717) is 23.3 Å². The molecule has 2 heterocycles. The van der Waals surface area contributed by atoms with E-state index in [-0.39, 0.29) is 21.1 Å². The van der Waals surface area contributed by atoms with Gasteiger partial charge < -0.3 is 9.47 Å². The number of ether oxygens (including phenoxy) is 2. The molecule has 0 radical (unpaired) electrons. The second-order valence-corrected chi connectivity index (χ2v) is 5.40. The van der Waals surface area contributed by atoms with Crippen molar-refractivity contribution in [2.75, 3.05) is 0 Å². The number of rotatable bonds is 5. The smallest absolute Gasteiger partial charge is 0.460 e. The Morgan fingerprint density at radius 2 is 1.04 bits per heavy atom. The fourth-order valence-corrected chi connectivity index (χ4v) is 2.37. The summed E-state index contributed by atoms with van der Waals surface area (Å²) >= 11 is 0. The van der Waals surface area contributed by atoms with Gasteiger partial charge in [0.15, 0.2) is 0 Å². The zero-order chi connectivity index (χ0) is 17.6. The van der Waals surface area contributed by atoms with Gasteiger partial charge in [0.25, 0.3) is 0 Å². The predicted octanol–water partition coefficient (Wildman–Crippen LogP) is 5.33. The summed E-state index contributed by atoms with van der Waals surface area (Å²) in [5.41, 5.74) is 1.70. The molecule has 4 nitrogen and oxygen atoms in total. The Balaban J connectivity index is 0.00000210. The summed E-state index contributed by atoms with van der Waals surface area (Å²) in [5, 5.41) is 0. The molecule has 4 aromatic rings. The molecule has 0 atom stereocenters. The predicted molar refractivity (Wildman–Crippen MR) is 98.2 cm³/mol. The van der Waals surface area contributed by atoms with Crippen molar-refractivity contribution in [3.8, 4) is 34.4 Å². The fourth-order valence-electron chi connectivity index (χ4n) is 2.37. The van der Waals surface area contributed by atoms with Gasteiger partial charge in [0, 0.05) is 36.0 Å². The van der Waals surface area contributed by atoms with Gasteiger partial charge in [-0.15, -0.1) is 24.3 Å². The molecular formula is C22H14N2O2Pt. The summed E-state index contributed by atoms with van der Waals surface area (Å²) in [4.78, 5) is 8.32. The van der Waals surface area contributed by atoms with Crippen LogP contribution in [-0.2, 0) is 21.1 Å². The zero-order valence-electron chi connectivity index (χ0n) is 14.1. The SMILES string of the molecule is [Pt+2].[c-]1c(Oc2ccccn2)cccc1-c1[c-]c(Oc2ccccn2)ccc1. The van der Waals surface area contributed by atoms with Crippen LogP contribution in [0.3, 0.4) is 0 Å². The second-order valence-electron chi connectivity index (χ2n) is 5.40. The first-order valence-electron chi connectivity index (χ1n) is 8.10. The molecule has 2 aromatic heterocycles. The van der Waals surface area contributed by atoms with E-state index in [2.05, 4.69) is 22.1 Å². The van der Waals surface area contributed by atoms with Crippen molar-refractivity contribution in [2.45, 2.75) is 0 Å². The van der Waals surface area contributed by atoms with Crippen molar-refractivity contribution < 1.29 is 30.5 Å². The molecule has 0 N–H and O–H groups in total. The average molecular weight is 533 g/mol. The molecule has 134 valence electrons. The van der Waals surface area contributed by atoms with E-state index in [1.165, 1.54) is 0 Å². The Morgan fingerprint density at radius 3 is 1.44 bits per heavy atom. The maximum Gasteiger partial charge on any atom is 2.00 e. The van der Waals surface area contributed by atoms with Crippen LogP contribution in [0.1, 0.15) is 0 Å². The Morgan fingerprint density at radius 1 is 0.556 bits per heavy atom. The molecule has 2 aromatic carbocycles. The van der Waals surface area contributed by atoms with Crippen LogP contribution in [0.15, 0.2) is 85.2 Å². The van der Waals surface area contributed by atoms with Gasteiger partial charge in [0.2, 0.25) is 11.8 Å². The van der Waals surface area contributed by atoms with Crippen molar-refractivity contribution >= 4 is 0 Å². The number of benzene rings is 2. The molecule has 0 aliphatic heterocycles. The summed E-state index contributed by atoms with van der Waals surface area (Å²) < 4.78 is 11.5. The van der Waals surface area contributed by atoms with E-state index < -0.39 is 0 Å². The van der Waals surface area contributed by atoms with Crippen LogP contribution in [0.2, 0.25) is 0 Å². The summed E-state index contributed by atoms with van der Waals surface area (Å²) in [6.07, 6.45) is 3.37. The van der Waals surface area contributed by atoms with Crippen LogP contribution in [0.5, 0.6) is 23.3 Å². The number of aromatic nitrogens is 2. The molecule has 4 rings (SSSR count). The first kappa shape index (κ1) is 18.8.